The van der Waals surface area contributed by atoms with Crippen LogP contribution in [0.1, 0.15) is 57.9 Å². The lowest BCUT2D eigenvalue weighted by Crippen LogP contribution is -2.48. The Morgan fingerprint density at radius 2 is 1.41 bits per heavy atom. The minimum absolute atomic E-state index is 0.149. The van der Waals surface area contributed by atoms with Crippen molar-refractivity contribution in [3.05, 3.63) is 49.1 Å². The van der Waals surface area contributed by atoms with Crippen LogP contribution in [0, 0.1) is 17.8 Å². The number of hydrogen-bond acceptors (Lipinski definition) is 6. The van der Waals surface area contributed by atoms with E-state index in [-0.39, 0.29) is 18.6 Å². The molecule has 4 aliphatic rings. The first-order valence-corrected chi connectivity index (χ1v) is 12.4. The van der Waals surface area contributed by atoms with Crippen LogP contribution in [0.25, 0.3) is 0 Å². The van der Waals surface area contributed by atoms with Gasteiger partial charge in [-0.3, -0.25) is 0 Å². The highest BCUT2D eigenvalue weighted by Crippen LogP contribution is 2.62. The molecule has 0 amide bonds. The standard InChI is InChI=1S/C28H36O6/c1-5-26(29)33-18(3)16-31-23-7-8-24(25(12-23)32-17-19(4)34-27(30)6-2)28-13-20-9-21(14-28)11-22(10-20)15-28/h5-8,12,18-22H,1-2,9-11,13-17H2,3-4H3. The molecule has 0 aromatic heterocycles. The second-order valence-electron chi connectivity index (χ2n) is 10.4. The summed E-state index contributed by atoms with van der Waals surface area (Å²) in [6, 6.07) is 6.07. The third kappa shape index (κ3) is 5.48. The Balaban J connectivity index is 1.53. The van der Waals surface area contributed by atoms with Crippen LogP contribution < -0.4 is 9.47 Å². The second kappa shape index (κ2) is 10.2. The van der Waals surface area contributed by atoms with Gasteiger partial charge in [-0.15, -0.1) is 0 Å². The first-order valence-electron chi connectivity index (χ1n) is 12.4. The molecule has 5 rings (SSSR count). The third-order valence-electron chi connectivity index (χ3n) is 7.49. The first kappa shape index (κ1) is 24.4. The van der Waals surface area contributed by atoms with Crippen LogP contribution in [0.3, 0.4) is 0 Å². The maximum Gasteiger partial charge on any atom is 0.330 e. The lowest BCUT2D eigenvalue weighted by atomic mass is 9.48. The van der Waals surface area contributed by atoms with Gasteiger partial charge < -0.3 is 18.9 Å². The van der Waals surface area contributed by atoms with Gasteiger partial charge in [0.25, 0.3) is 0 Å². The summed E-state index contributed by atoms with van der Waals surface area (Å²) in [6.45, 7) is 10.9. The zero-order valence-corrected chi connectivity index (χ0v) is 20.3. The summed E-state index contributed by atoms with van der Waals surface area (Å²) in [6.07, 6.45) is 9.23. The molecule has 6 heteroatoms. The van der Waals surface area contributed by atoms with E-state index < -0.39 is 24.1 Å². The van der Waals surface area contributed by atoms with Crippen molar-refractivity contribution < 1.29 is 28.5 Å². The molecule has 4 saturated carbocycles. The van der Waals surface area contributed by atoms with Gasteiger partial charge in [0.05, 0.1) is 0 Å². The van der Waals surface area contributed by atoms with Gasteiger partial charge in [0.2, 0.25) is 0 Å². The Kier molecular flexibility index (Phi) is 7.34. The van der Waals surface area contributed by atoms with Crippen LogP contribution in [0.4, 0.5) is 0 Å². The number of benzene rings is 1. The number of esters is 2. The lowest BCUT2D eigenvalue weighted by Gasteiger charge is -2.57. The number of hydrogen-bond donors (Lipinski definition) is 0. The number of rotatable bonds is 11. The fourth-order valence-electron chi connectivity index (χ4n) is 6.57. The van der Waals surface area contributed by atoms with E-state index in [9.17, 15) is 9.59 Å². The van der Waals surface area contributed by atoms with Crippen LogP contribution in [0.5, 0.6) is 11.5 Å². The van der Waals surface area contributed by atoms with E-state index in [0.717, 1.165) is 35.7 Å². The lowest BCUT2D eigenvalue weighted by molar-refractivity contribution is -0.144. The Labute approximate surface area is 202 Å². The van der Waals surface area contributed by atoms with Crippen molar-refractivity contribution in [2.75, 3.05) is 13.2 Å². The minimum atomic E-state index is -0.472. The predicted molar refractivity (Wildman–Crippen MR) is 129 cm³/mol. The Morgan fingerprint density at radius 3 is 1.91 bits per heavy atom. The maximum absolute atomic E-state index is 11.6. The van der Waals surface area contributed by atoms with Crippen molar-refractivity contribution >= 4 is 11.9 Å². The highest BCUT2D eigenvalue weighted by atomic mass is 16.6. The van der Waals surface area contributed by atoms with Gasteiger partial charge in [0, 0.05) is 23.8 Å². The van der Waals surface area contributed by atoms with Crippen LogP contribution in [0.15, 0.2) is 43.5 Å². The second-order valence-corrected chi connectivity index (χ2v) is 10.4. The molecular weight excluding hydrogens is 432 g/mol. The number of carbonyl (C=O) groups excluding carboxylic acids is 2. The Hall–Kier alpha value is -2.76. The molecule has 4 fully saturated rings. The molecule has 34 heavy (non-hydrogen) atoms. The van der Waals surface area contributed by atoms with E-state index in [0.29, 0.717) is 5.75 Å². The van der Waals surface area contributed by atoms with E-state index in [1.54, 1.807) is 6.92 Å². The van der Waals surface area contributed by atoms with Gasteiger partial charge in [-0.05, 0) is 81.6 Å². The topological polar surface area (TPSA) is 71.1 Å². The van der Waals surface area contributed by atoms with Crippen molar-refractivity contribution in [2.45, 2.75) is 70.0 Å². The predicted octanol–water partition coefficient (Wildman–Crippen LogP) is 5.15. The molecule has 0 radical (unpaired) electrons. The highest BCUT2D eigenvalue weighted by molar-refractivity contribution is 5.81. The van der Waals surface area contributed by atoms with Gasteiger partial charge in [-0.2, -0.15) is 0 Å². The quantitative estimate of drug-likeness (QED) is 0.331. The largest absolute Gasteiger partial charge is 0.490 e. The van der Waals surface area contributed by atoms with Crippen molar-refractivity contribution in [3.63, 3.8) is 0 Å². The summed E-state index contributed by atoms with van der Waals surface area (Å²) in [5, 5.41) is 0. The Bertz CT molecular complexity index is 900. The Morgan fingerprint density at radius 1 is 0.912 bits per heavy atom. The summed E-state index contributed by atoms with van der Waals surface area (Å²) in [5.41, 5.74) is 1.39. The molecule has 0 N–H and O–H groups in total. The van der Waals surface area contributed by atoms with E-state index >= 15 is 0 Å². The number of carbonyl (C=O) groups is 2. The van der Waals surface area contributed by atoms with Gasteiger partial charge >= 0.3 is 11.9 Å². The average molecular weight is 469 g/mol. The van der Waals surface area contributed by atoms with Crippen molar-refractivity contribution in [2.24, 2.45) is 17.8 Å². The normalized spacial score (nSPS) is 28.5. The zero-order valence-electron chi connectivity index (χ0n) is 20.3. The molecule has 2 atom stereocenters. The molecule has 1 aromatic rings. The zero-order chi connectivity index (χ0) is 24.3. The minimum Gasteiger partial charge on any atom is -0.490 e. The van der Waals surface area contributed by atoms with Gasteiger partial charge in [-0.1, -0.05) is 19.2 Å². The monoisotopic (exact) mass is 468 g/mol. The summed E-state index contributed by atoms with van der Waals surface area (Å²) >= 11 is 0. The molecule has 2 unspecified atom stereocenters. The molecule has 6 nitrogen and oxygen atoms in total. The molecule has 1 aromatic carbocycles. The van der Waals surface area contributed by atoms with Crippen molar-refractivity contribution in [3.8, 4) is 11.5 Å². The van der Waals surface area contributed by atoms with E-state index in [4.69, 9.17) is 18.9 Å². The van der Waals surface area contributed by atoms with Gasteiger partial charge in [-0.25, -0.2) is 9.59 Å². The van der Waals surface area contributed by atoms with Crippen LogP contribution in [0.2, 0.25) is 0 Å². The molecule has 0 aliphatic heterocycles. The molecule has 0 heterocycles. The smallest absolute Gasteiger partial charge is 0.330 e. The summed E-state index contributed by atoms with van der Waals surface area (Å²) in [7, 11) is 0. The fraction of sp³-hybridized carbons (Fsp3) is 0.571. The first-order chi connectivity index (χ1) is 16.3. The van der Waals surface area contributed by atoms with E-state index in [2.05, 4.69) is 19.2 Å². The molecule has 0 saturated heterocycles. The maximum atomic E-state index is 11.6. The summed E-state index contributed by atoms with van der Waals surface area (Å²) in [4.78, 5) is 23.0. The van der Waals surface area contributed by atoms with Crippen LogP contribution in [-0.2, 0) is 24.5 Å². The van der Waals surface area contributed by atoms with Gasteiger partial charge in [0.1, 0.15) is 36.9 Å². The third-order valence-corrected chi connectivity index (χ3v) is 7.49. The van der Waals surface area contributed by atoms with Crippen molar-refractivity contribution in [1.82, 2.24) is 0 Å². The molecular formula is C28H36O6. The molecule has 0 spiro atoms. The number of ether oxygens (including phenoxy) is 4. The molecule has 4 aliphatic carbocycles. The molecule has 184 valence electrons. The average Bonchev–Trinajstić information content (AvgIpc) is 2.80. The summed E-state index contributed by atoms with van der Waals surface area (Å²) in [5.74, 6) is 2.93. The van der Waals surface area contributed by atoms with E-state index in [1.807, 2.05) is 19.1 Å². The van der Waals surface area contributed by atoms with Gasteiger partial charge in [0.15, 0.2) is 0 Å². The highest BCUT2D eigenvalue weighted by Gasteiger charge is 2.52. The fourth-order valence-corrected chi connectivity index (χ4v) is 6.57. The SMILES string of the molecule is C=CC(=O)OC(C)COc1ccc(C23CC4CC(CC(C4)C2)C3)c(OCC(C)OC(=O)C=C)c1. The molecule has 4 bridgehead atoms. The van der Waals surface area contributed by atoms with Crippen LogP contribution >= 0.6 is 0 Å². The van der Waals surface area contributed by atoms with Crippen molar-refractivity contribution in [1.29, 1.82) is 0 Å². The summed E-state index contributed by atoms with van der Waals surface area (Å²) < 4.78 is 22.7. The van der Waals surface area contributed by atoms with Crippen LogP contribution in [-0.4, -0.2) is 37.4 Å². The van der Waals surface area contributed by atoms with E-state index in [1.165, 1.54) is 44.1 Å².